The van der Waals surface area contributed by atoms with Gasteiger partial charge in [0.05, 0.1) is 0 Å². The first-order valence-corrected chi connectivity index (χ1v) is 10.0. The molecule has 5 nitrogen and oxygen atoms in total. The molecule has 0 aliphatic heterocycles. The van der Waals surface area contributed by atoms with Gasteiger partial charge in [0.1, 0.15) is 0 Å². The first kappa shape index (κ1) is 12.1. The number of nitrogens with zero attached hydrogens (tertiary/aromatic N) is 1. The van der Waals surface area contributed by atoms with Crippen LogP contribution in [-0.4, -0.2) is 50.8 Å². The molecule has 0 saturated heterocycles. The van der Waals surface area contributed by atoms with Crippen LogP contribution in [0.4, 0.5) is 0 Å². The van der Waals surface area contributed by atoms with E-state index in [0.717, 1.165) is 0 Å². The Hall–Kier alpha value is -0.930. The summed E-state index contributed by atoms with van der Waals surface area (Å²) in [4.78, 5) is 9.05. The van der Waals surface area contributed by atoms with Gasteiger partial charge in [-0.2, -0.15) is 0 Å². The average molecular weight is 464 g/mol. The van der Waals surface area contributed by atoms with Gasteiger partial charge < -0.3 is 0 Å². The first-order chi connectivity index (χ1) is 5.77. The third-order valence-electron chi connectivity index (χ3n) is 1.27. The molecule has 0 saturated carbocycles. The number of phosphoric ester groups is 1. The Bertz CT molecular complexity index is 194. The molecule has 0 aromatic heterocycles. The van der Waals surface area contributed by atoms with Gasteiger partial charge in [0, 0.05) is 0 Å². The molecular formula is C6H16NO4PRf+. The molecule has 1 atom stereocenters. The van der Waals surface area contributed by atoms with Crippen LogP contribution >= 0.6 is 7.82 Å². The van der Waals surface area contributed by atoms with Crippen molar-refractivity contribution < 1.29 is 23.0 Å². The number of phosphoric acid groups is 1. The Kier molecular flexibility index (Phi) is 4.04. The summed E-state index contributed by atoms with van der Waals surface area (Å²) in [5, 5.41) is 0. The predicted molar refractivity (Wildman–Crippen MR) is 44.6 cm³/mol. The second kappa shape index (κ2) is 4.35. The molecule has 0 heterocycles. The zero-order chi connectivity index (χ0) is 10.5. The van der Waals surface area contributed by atoms with Gasteiger partial charge in [-0.3, -0.25) is 0 Å². The van der Waals surface area contributed by atoms with E-state index >= 15 is 0 Å². The molecular weight excluding hydrogens is 448 g/mol. The van der Waals surface area contributed by atoms with Gasteiger partial charge in [0.2, 0.25) is 0 Å². The SMILES string of the molecule is C[N+](C)(C)CCOP(=O)(O)O[CH2][Rf]. The number of rotatable bonds is 6. The quantitative estimate of drug-likeness (QED) is 0.455. The zero-order valence-corrected chi connectivity index (χ0v) is 15.7. The fraction of sp³-hybridized carbons (Fsp3) is 1.00. The molecule has 0 fully saturated rings. The van der Waals surface area contributed by atoms with Crippen molar-refractivity contribution >= 4 is 7.82 Å². The summed E-state index contributed by atoms with van der Waals surface area (Å²) in [6.07, 6.45) is 0. The molecule has 1 unspecified atom stereocenters. The predicted octanol–water partition coefficient (Wildman–Crippen LogP) is 0.333. The Morgan fingerprint density at radius 2 is 1.92 bits per heavy atom. The molecule has 0 amide bonds. The summed E-state index contributed by atoms with van der Waals surface area (Å²) < 4.78 is 21.4. The van der Waals surface area contributed by atoms with Gasteiger partial charge in [-0.05, 0) is 0 Å². The van der Waals surface area contributed by atoms with Crippen LogP contribution in [0.5, 0.6) is 0 Å². The van der Waals surface area contributed by atoms with Crippen LogP contribution in [0, 0.1) is 0 Å². The van der Waals surface area contributed by atoms with E-state index in [0.29, 0.717) is 18.1 Å². The van der Waals surface area contributed by atoms with E-state index in [1.54, 1.807) is 0 Å². The van der Waals surface area contributed by atoms with Crippen LogP contribution in [0.3, 0.4) is 0 Å². The molecule has 0 aliphatic carbocycles. The van der Waals surface area contributed by atoms with Crippen molar-refractivity contribution in [1.82, 2.24) is 0 Å². The minimum atomic E-state index is -3.74. The van der Waals surface area contributed by atoms with Crippen LogP contribution in [0.1, 0.15) is 0 Å². The van der Waals surface area contributed by atoms with Crippen LogP contribution < -0.4 is 0 Å². The summed E-state index contributed by atoms with van der Waals surface area (Å²) in [5.41, 5.74) is 0. The molecule has 0 aliphatic rings. The van der Waals surface area contributed by atoms with E-state index in [-0.39, 0.29) is 6.61 Å². The van der Waals surface area contributed by atoms with Gasteiger partial charge in [0.15, 0.2) is 0 Å². The molecule has 75 valence electrons. The van der Waals surface area contributed by atoms with Crippen LogP contribution in [-0.2, 0) is 13.6 Å². The molecule has 0 rings (SSSR count). The van der Waals surface area contributed by atoms with E-state index in [9.17, 15) is 4.57 Å². The maximum absolute atomic E-state index is 11.0. The van der Waals surface area contributed by atoms with Gasteiger partial charge in [-0.1, -0.05) is 0 Å². The Morgan fingerprint density at radius 1 is 1.38 bits per heavy atom. The summed E-state index contributed by atoms with van der Waals surface area (Å²) in [7, 11) is 2.62. The molecule has 7 heteroatoms. The second-order valence-corrected chi connectivity index (χ2v) is 6.95. The summed E-state index contributed by atoms with van der Waals surface area (Å²) in [5.74, 6) is 0. The van der Waals surface area contributed by atoms with E-state index < -0.39 is 7.82 Å². The monoisotopic (exact) mass is 464 g/mol. The van der Waals surface area contributed by atoms with Crippen LogP contribution in [0.15, 0.2) is 0 Å². The van der Waals surface area contributed by atoms with E-state index in [4.69, 9.17) is 9.42 Å². The molecule has 1 N–H and O–H groups in total. The molecule has 0 aromatic carbocycles. The summed E-state index contributed by atoms with van der Waals surface area (Å²) >= 11 is 0. The number of hydrogen-bond donors (Lipinski definition) is 1. The van der Waals surface area contributed by atoms with Crippen molar-refractivity contribution in [2.75, 3.05) is 41.4 Å². The van der Waals surface area contributed by atoms with E-state index in [2.05, 4.69) is 4.52 Å². The van der Waals surface area contributed by atoms with Crippen molar-refractivity contribution in [1.29, 1.82) is 0 Å². The molecule has 0 bridgehead atoms. The number of hydrogen-bond acceptors (Lipinski definition) is 3. The Morgan fingerprint density at radius 3 is 2.31 bits per heavy atom. The molecule has 0 radical (unpaired) electrons. The molecule has 0 spiro atoms. The van der Waals surface area contributed by atoms with Crippen molar-refractivity contribution in [3.8, 4) is 0 Å². The van der Waals surface area contributed by atoms with Gasteiger partial charge in [-0.25, -0.2) is 0 Å². The molecule has 0 aromatic rings. The van der Waals surface area contributed by atoms with Crippen molar-refractivity contribution in [2.24, 2.45) is 0 Å². The fourth-order valence-electron chi connectivity index (χ4n) is 0.583. The van der Waals surface area contributed by atoms with Crippen molar-refractivity contribution in [2.45, 2.75) is 0 Å². The fourth-order valence-corrected chi connectivity index (χ4v) is 4.33. The second-order valence-electron chi connectivity index (χ2n) is 3.65. The third kappa shape index (κ3) is 7.43. The third-order valence-corrected chi connectivity index (χ3v) is 4.77. The summed E-state index contributed by atoms with van der Waals surface area (Å²) in [6.45, 7) is 0.924. The van der Waals surface area contributed by atoms with Crippen molar-refractivity contribution in [3.63, 3.8) is 0 Å². The average Bonchev–Trinajstić information content (AvgIpc) is 1.82. The standard InChI is InChI=1S/C6H15NO4P.Rf/c1-7(2,3)5-6-11-12(8,9)10-4;/h4-6H2,1-3H3;/p+1. The maximum atomic E-state index is 11.0. The summed E-state index contributed by atoms with van der Waals surface area (Å²) in [6, 6.07) is 0. The Labute approximate surface area is 73.1 Å². The normalized spacial score (nSPS) is 17.1. The zero-order valence-electron chi connectivity index (χ0n) is 8.39. The van der Waals surface area contributed by atoms with Crippen molar-refractivity contribution in [3.05, 3.63) is 0 Å². The first-order valence-electron chi connectivity index (χ1n) is 3.98. The molecule has 13 heavy (non-hydrogen) atoms. The number of quaternary nitrogens is 1. The minimum absolute atomic E-state index is 0.243. The van der Waals surface area contributed by atoms with E-state index in [1.165, 1.54) is 0 Å². The number of likely N-dealkylation sites (N-methyl/N-ethyl adjacent to an activating group) is 1. The van der Waals surface area contributed by atoms with Gasteiger partial charge in [0.25, 0.3) is 0 Å². The van der Waals surface area contributed by atoms with E-state index in [1.807, 2.05) is 21.1 Å². The Balaban J connectivity index is 3.70. The van der Waals surface area contributed by atoms with Gasteiger partial charge >= 0.3 is 72.2 Å². The topological polar surface area (TPSA) is 55.8 Å². The van der Waals surface area contributed by atoms with Gasteiger partial charge in [-0.15, -0.1) is 0 Å². The van der Waals surface area contributed by atoms with Crippen LogP contribution in [0.25, 0.3) is 0 Å². The van der Waals surface area contributed by atoms with Crippen LogP contribution in [0.2, 0.25) is 0 Å².